The van der Waals surface area contributed by atoms with Crippen LogP contribution in [0, 0.1) is 0 Å². The number of fused-ring (bicyclic) bond motifs is 2. The normalized spacial score (nSPS) is 19.8. The molecule has 5 rings (SSSR count). The molecule has 1 aliphatic heterocycles. The van der Waals surface area contributed by atoms with Crippen LogP contribution in [0.1, 0.15) is 55.8 Å². The summed E-state index contributed by atoms with van der Waals surface area (Å²) in [5, 5.41) is 21.7. The molecule has 1 unspecified atom stereocenters. The predicted octanol–water partition coefficient (Wildman–Crippen LogP) is 3.47. The van der Waals surface area contributed by atoms with Gasteiger partial charge < -0.3 is 15.7 Å². The van der Waals surface area contributed by atoms with E-state index in [1.54, 1.807) is 19.1 Å². The lowest BCUT2D eigenvalue weighted by atomic mass is 9.95. The van der Waals surface area contributed by atoms with Crippen LogP contribution in [0.3, 0.4) is 0 Å². The fraction of sp³-hybridized carbons (Fsp3) is 0.429. The number of amides is 1. The van der Waals surface area contributed by atoms with Crippen molar-refractivity contribution >= 4 is 40.2 Å². The van der Waals surface area contributed by atoms with Gasteiger partial charge in [-0.05, 0) is 43.5 Å². The van der Waals surface area contributed by atoms with E-state index in [-0.39, 0.29) is 5.91 Å². The Morgan fingerprint density at radius 2 is 2.13 bits per heavy atom. The summed E-state index contributed by atoms with van der Waals surface area (Å²) in [4.78, 5) is 22.2. The monoisotopic (exact) mass is 426 g/mol. The minimum Gasteiger partial charge on any atom is -0.392 e. The van der Waals surface area contributed by atoms with Crippen LogP contribution >= 0.6 is 11.6 Å². The Labute approximate surface area is 178 Å². The fourth-order valence-electron chi connectivity index (χ4n) is 4.34. The van der Waals surface area contributed by atoms with Crippen molar-refractivity contribution in [2.75, 3.05) is 17.2 Å². The first-order valence-corrected chi connectivity index (χ1v) is 10.7. The number of carbonyl (C=O) groups excluding carboxylic acids is 1. The molecule has 156 valence electrons. The number of rotatable bonds is 5. The highest BCUT2D eigenvalue weighted by atomic mass is 35.5. The molecule has 2 atom stereocenters. The van der Waals surface area contributed by atoms with Crippen molar-refractivity contribution < 1.29 is 9.90 Å². The number of nitrogens with zero attached hydrogens (tertiary/aromatic N) is 4. The molecule has 1 saturated carbocycles. The average Bonchev–Trinajstić information content (AvgIpc) is 3.43. The first-order chi connectivity index (χ1) is 14.5. The molecule has 2 aromatic heterocycles. The molecule has 3 N–H and O–H groups in total. The lowest BCUT2D eigenvalue weighted by Crippen LogP contribution is -2.19. The Kier molecular flexibility index (Phi) is 4.83. The van der Waals surface area contributed by atoms with Crippen LogP contribution in [-0.4, -0.2) is 43.4 Å². The molecule has 3 aromatic rings. The van der Waals surface area contributed by atoms with E-state index in [2.05, 4.69) is 20.6 Å². The number of nitrogens with one attached hydrogen (secondary N) is 2. The van der Waals surface area contributed by atoms with Gasteiger partial charge in [0, 0.05) is 23.5 Å². The molecule has 0 bridgehead atoms. The van der Waals surface area contributed by atoms with Gasteiger partial charge in [0.15, 0.2) is 5.65 Å². The summed E-state index contributed by atoms with van der Waals surface area (Å²) in [5.74, 6) is -0.404. The van der Waals surface area contributed by atoms with Crippen LogP contribution in [-0.2, 0) is 4.79 Å². The summed E-state index contributed by atoms with van der Waals surface area (Å²) < 4.78 is 1.97. The van der Waals surface area contributed by atoms with Gasteiger partial charge in [0.25, 0.3) is 0 Å². The summed E-state index contributed by atoms with van der Waals surface area (Å²) in [6.07, 6.45) is 5.97. The van der Waals surface area contributed by atoms with Crippen molar-refractivity contribution in [2.24, 2.45) is 0 Å². The molecule has 1 aliphatic carbocycles. The molecule has 9 heteroatoms. The third-order valence-electron chi connectivity index (χ3n) is 5.80. The zero-order valence-electron chi connectivity index (χ0n) is 16.6. The Morgan fingerprint density at radius 1 is 1.33 bits per heavy atom. The van der Waals surface area contributed by atoms with Crippen LogP contribution in [0.4, 0.5) is 11.6 Å². The Morgan fingerprint density at radius 3 is 2.90 bits per heavy atom. The molecular formula is C21H23ClN6O2. The van der Waals surface area contributed by atoms with Gasteiger partial charge >= 0.3 is 0 Å². The van der Waals surface area contributed by atoms with Crippen LogP contribution in [0.5, 0.6) is 0 Å². The highest BCUT2D eigenvalue weighted by Gasteiger charge is 2.36. The van der Waals surface area contributed by atoms with Crippen molar-refractivity contribution in [3.05, 3.63) is 40.7 Å². The zero-order valence-corrected chi connectivity index (χ0v) is 17.4. The quantitative estimate of drug-likeness (QED) is 0.577. The second-order valence-corrected chi connectivity index (χ2v) is 8.54. The van der Waals surface area contributed by atoms with E-state index >= 15 is 0 Å². The topological polar surface area (TPSA) is 105 Å². The predicted molar refractivity (Wildman–Crippen MR) is 115 cm³/mol. The van der Waals surface area contributed by atoms with Crippen LogP contribution in [0.2, 0.25) is 5.02 Å². The summed E-state index contributed by atoms with van der Waals surface area (Å²) >= 11 is 6.22. The number of aliphatic hydroxyl groups excluding tert-OH is 1. The van der Waals surface area contributed by atoms with E-state index in [0.717, 1.165) is 29.5 Å². The molecule has 0 saturated heterocycles. The molecule has 1 amide bonds. The van der Waals surface area contributed by atoms with Crippen molar-refractivity contribution in [1.82, 2.24) is 19.7 Å². The number of aromatic nitrogens is 4. The van der Waals surface area contributed by atoms with Crippen molar-refractivity contribution in [3.8, 4) is 0 Å². The summed E-state index contributed by atoms with van der Waals surface area (Å²) in [7, 11) is 0. The third kappa shape index (κ3) is 3.40. The molecule has 1 aromatic carbocycles. The second kappa shape index (κ2) is 7.52. The van der Waals surface area contributed by atoms with E-state index in [1.807, 2.05) is 16.9 Å². The molecule has 0 radical (unpaired) electrons. The largest absolute Gasteiger partial charge is 0.392 e. The van der Waals surface area contributed by atoms with Crippen LogP contribution in [0.15, 0.2) is 24.4 Å². The Hall–Kier alpha value is -2.71. The number of halogens is 1. The Balaban J connectivity index is 1.65. The number of carbonyl (C=O) groups is 1. The Bertz CT molecular complexity index is 1120. The van der Waals surface area contributed by atoms with E-state index in [1.165, 1.54) is 12.8 Å². The lowest BCUT2D eigenvalue weighted by molar-refractivity contribution is -0.116. The van der Waals surface area contributed by atoms with Gasteiger partial charge in [-0.2, -0.15) is 10.1 Å². The van der Waals surface area contributed by atoms with E-state index in [9.17, 15) is 9.90 Å². The minimum atomic E-state index is -0.600. The number of hydrogen-bond acceptors (Lipinski definition) is 6. The summed E-state index contributed by atoms with van der Waals surface area (Å²) in [5.41, 5.74) is 2.67. The van der Waals surface area contributed by atoms with E-state index < -0.39 is 12.0 Å². The van der Waals surface area contributed by atoms with Gasteiger partial charge in [-0.15, -0.1) is 0 Å². The molecule has 0 spiro atoms. The number of anilines is 2. The highest BCUT2D eigenvalue weighted by Crippen LogP contribution is 2.40. The molecule has 2 aliphatic rings. The first kappa shape index (κ1) is 19.3. The van der Waals surface area contributed by atoms with E-state index in [0.29, 0.717) is 34.9 Å². The highest BCUT2D eigenvalue weighted by molar-refractivity contribution is 6.31. The van der Waals surface area contributed by atoms with Gasteiger partial charge in [0.1, 0.15) is 5.92 Å². The average molecular weight is 427 g/mol. The van der Waals surface area contributed by atoms with Crippen molar-refractivity contribution in [2.45, 2.75) is 50.7 Å². The summed E-state index contributed by atoms with van der Waals surface area (Å²) in [6, 6.07) is 5.71. The molecular weight excluding hydrogens is 404 g/mol. The van der Waals surface area contributed by atoms with Gasteiger partial charge in [-0.3, -0.25) is 9.48 Å². The van der Waals surface area contributed by atoms with Crippen LogP contribution < -0.4 is 10.6 Å². The maximum Gasteiger partial charge on any atom is 0.238 e. The SMILES string of the molecule is C[C@H](O)CNc1nc(C2C(=O)Nc3ccc(Cl)cc32)c2cn(C3CCCC3)nc2n1. The van der Waals surface area contributed by atoms with Gasteiger partial charge in [0.2, 0.25) is 11.9 Å². The zero-order chi connectivity index (χ0) is 20.8. The van der Waals surface area contributed by atoms with Gasteiger partial charge in [-0.25, -0.2) is 4.98 Å². The first-order valence-electron chi connectivity index (χ1n) is 10.3. The standard InChI is InChI=1S/C21H23ClN6O2/c1-11(29)9-23-21-25-18(17-14-8-12(22)6-7-16(14)24-20(17)30)15-10-28(27-19(15)26-21)13-4-2-3-5-13/h6-8,10-11,13,17,29H,2-5,9H2,1H3,(H,24,30)(H,23,26,27)/t11-,17?/m0/s1. The second-order valence-electron chi connectivity index (χ2n) is 8.10. The van der Waals surface area contributed by atoms with Crippen LogP contribution in [0.25, 0.3) is 11.0 Å². The lowest BCUT2D eigenvalue weighted by Gasteiger charge is -2.13. The number of benzene rings is 1. The van der Waals surface area contributed by atoms with Crippen molar-refractivity contribution in [1.29, 1.82) is 0 Å². The fourth-order valence-corrected chi connectivity index (χ4v) is 4.52. The maximum atomic E-state index is 12.9. The molecule has 1 fully saturated rings. The van der Waals surface area contributed by atoms with Gasteiger partial charge in [0.05, 0.1) is 23.2 Å². The molecule has 30 heavy (non-hydrogen) atoms. The van der Waals surface area contributed by atoms with E-state index in [4.69, 9.17) is 16.7 Å². The minimum absolute atomic E-state index is 0.151. The van der Waals surface area contributed by atoms with Gasteiger partial charge in [-0.1, -0.05) is 24.4 Å². The molecule has 3 heterocycles. The number of aliphatic hydroxyl groups is 1. The summed E-state index contributed by atoms with van der Waals surface area (Å²) in [6.45, 7) is 1.98. The third-order valence-corrected chi connectivity index (χ3v) is 6.03. The number of hydrogen-bond donors (Lipinski definition) is 3. The van der Waals surface area contributed by atoms with Crippen molar-refractivity contribution in [3.63, 3.8) is 0 Å². The molecule has 8 nitrogen and oxygen atoms in total. The maximum absolute atomic E-state index is 12.9. The smallest absolute Gasteiger partial charge is 0.238 e.